The first-order valence-corrected chi connectivity index (χ1v) is 13.1. The van der Waals surface area contributed by atoms with Crippen LogP contribution in [-0.4, -0.2) is 40.5 Å². The van der Waals surface area contributed by atoms with Crippen LogP contribution in [0.3, 0.4) is 0 Å². The molecule has 38 heavy (non-hydrogen) atoms. The number of amides is 3. The SMILES string of the molecule is Cc1cccc(C)c1C(C(=O)Nc1ccc2ccccc2c1)N(C(=O)C(C)NC(=O)OC(C)(C)C)C1CC1. The van der Waals surface area contributed by atoms with Crippen molar-refractivity contribution in [1.29, 1.82) is 0 Å². The maximum absolute atomic E-state index is 14.0. The number of ether oxygens (including phenoxy) is 1. The van der Waals surface area contributed by atoms with Crippen LogP contribution in [0.1, 0.15) is 63.3 Å². The van der Waals surface area contributed by atoms with Crippen molar-refractivity contribution in [3.8, 4) is 0 Å². The van der Waals surface area contributed by atoms with Crippen molar-refractivity contribution in [2.45, 2.75) is 78.1 Å². The smallest absolute Gasteiger partial charge is 0.408 e. The molecule has 0 saturated heterocycles. The summed E-state index contributed by atoms with van der Waals surface area (Å²) in [6, 6.07) is 17.8. The van der Waals surface area contributed by atoms with Crippen LogP contribution in [-0.2, 0) is 14.3 Å². The van der Waals surface area contributed by atoms with Crippen LogP contribution >= 0.6 is 0 Å². The number of nitrogens with one attached hydrogen (secondary N) is 2. The normalized spacial score (nSPS) is 14.9. The molecule has 3 aromatic rings. The van der Waals surface area contributed by atoms with Crippen LogP contribution in [0.15, 0.2) is 60.7 Å². The average Bonchev–Trinajstić information content (AvgIpc) is 3.66. The third-order valence-corrected chi connectivity index (χ3v) is 6.66. The van der Waals surface area contributed by atoms with Gasteiger partial charge in [-0.2, -0.15) is 0 Å². The first kappa shape index (κ1) is 27.2. The Morgan fingerprint density at radius 3 is 2.16 bits per heavy atom. The number of nitrogens with zero attached hydrogens (tertiary/aromatic N) is 1. The van der Waals surface area contributed by atoms with Gasteiger partial charge in [0.1, 0.15) is 17.7 Å². The van der Waals surface area contributed by atoms with Crippen LogP contribution in [0.5, 0.6) is 0 Å². The molecule has 7 nitrogen and oxygen atoms in total. The summed E-state index contributed by atoms with van der Waals surface area (Å²) in [6.45, 7) is 10.8. The van der Waals surface area contributed by atoms with E-state index in [0.29, 0.717) is 5.69 Å². The van der Waals surface area contributed by atoms with Gasteiger partial charge in [-0.1, -0.05) is 48.5 Å². The molecule has 1 aliphatic carbocycles. The maximum Gasteiger partial charge on any atom is 0.408 e. The zero-order valence-corrected chi connectivity index (χ0v) is 23.0. The second kappa shape index (κ2) is 10.9. The number of carbonyl (C=O) groups is 3. The van der Waals surface area contributed by atoms with Crippen molar-refractivity contribution in [1.82, 2.24) is 10.2 Å². The monoisotopic (exact) mass is 515 g/mol. The van der Waals surface area contributed by atoms with Crippen molar-refractivity contribution in [3.05, 3.63) is 77.4 Å². The van der Waals surface area contributed by atoms with Gasteiger partial charge in [-0.3, -0.25) is 9.59 Å². The molecule has 0 spiro atoms. The molecule has 7 heteroatoms. The third kappa shape index (κ3) is 6.33. The van der Waals surface area contributed by atoms with Crippen LogP contribution in [0.2, 0.25) is 0 Å². The maximum atomic E-state index is 14.0. The molecule has 3 aromatic carbocycles. The van der Waals surface area contributed by atoms with E-state index in [4.69, 9.17) is 4.74 Å². The van der Waals surface area contributed by atoms with Gasteiger partial charge < -0.3 is 20.3 Å². The van der Waals surface area contributed by atoms with Crippen molar-refractivity contribution in [2.75, 3.05) is 5.32 Å². The van der Waals surface area contributed by atoms with E-state index >= 15 is 0 Å². The minimum absolute atomic E-state index is 0.0863. The standard InChI is InChI=1S/C31H37N3O4/c1-19-10-9-11-20(2)26(19)27(28(35)33-24-15-14-22-12-7-8-13-23(22)18-24)34(25-16-17-25)29(36)21(3)32-30(37)38-31(4,5)6/h7-15,18,21,25,27H,16-17H2,1-6H3,(H,32,37)(H,33,35). The predicted octanol–water partition coefficient (Wildman–Crippen LogP) is 6.04. The number of carbonyl (C=O) groups excluding carboxylic acids is 3. The Morgan fingerprint density at radius 2 is 1.55 bits per heavy atom. The number of hydrogen-bond donors (Lipinski definition) is 2. The summed E-state index contributed by atoms with van der Waals surface area (Å²) in [7, 11) is 0. The molecule has 3 amide bonds. The fraction of sp³-hybridized carbons (Fsp3) is 0.387. The Labute approximate surface area is 224 Å². The van der Waals surface area contributed by atoms with E-state index in [-0.39, 0.29) is 17.9 Å². The Kier molecular flexibility index (Phi) is 7.76. The highest BCUT2D eigenvalue weighted by Crippen LogP contribution is 2.38. The van der Waals surface area contributed by atoms with Crippen LogP contribution in [0, 0.1) is 13.8 Å². The highest BCUT2D eigenvalue weighted by Gasteiger charge is 2.44. The lowest BCUT2D eigenvalue weighted by molar-refractivity contribution is -0.141. The first-order valence-electron chi connectivity index (χ1n) is 13.1. The summed E-state index contributed by atoms with van der Waals surface area (Å²) in [5, 5.41) is 7.82. The summed E-state index contributed by atoms with van der Waals surface area (Å²) in [5.41, 5.74) is 2.62. The molecule has 0 bridgehead atoms. The van der Waals surface area contributed by atoms with Crippen LogP contribution in [0.25, 0.3) is 10.8 Å². The minimum atomic E-state index is -0.870. The molecule has 200 valence electrons. The van der Waals surface area contributed by atoms with Crippen molar-refractivity contribution in [3.63, 3.8) is 0 Å². The molecule has 0 heterocycles. The summed E-state index contributed by atoms with van der Waals surface area (Å²) < 4.78 is 5.36. The first-order chi connectivity index (χ1) is 17.9. The van der Waals surface area contributed by atoms with Crippen molar-refractivity contribution < 1.29 is 19.1 Å². The molecule has 1 saturated carbocycles. The molecule has 2 atom stereocenters. The quantitative estimate of drug-likeness (QED) is 0.402. The van der Waals surface area contributed by atoms with Gasteiger partial charge in [0.15, 0.2) is 0 Å². The Hall–Kier alpha value is -3.87. The van der Waals surface area contributed by atoms with Gasteiger partial charge in [-0.05, 0) is 94.0 Å². The Bertz CT molecular complexity index is 1340. The number of aryl methyl sites for hydroxylation is 2. The number of anilines is 1. The molecule has 2 N–H and O–H groups in total. The second-order valence-corrected chi connectivity index (χ2v) is 11.1. The third-order valence-electron chi connectivity index (χ3n) is 6.66. The summed E-state index contributed by atoms with van der Waals surface area (Å²) in [4.78, 5) is 42.0. The molecule has 1 aliphatic rings. The van der Waals surface area contributed by atoms with Gasteiger partial charge >= 0.3 is 6.09 Å². The lowest BCUT2D eigenvalue weighted by Crippen LogP contribution is -2.52. The zero-order chi connectivity index (χ0) is 27.6. The highest BCUT2D eigenvalue weighted by molar-refractivity contribution is 6.01. The molecular weight excluding hydrogens is 478 g/mol. The predicted molar refractivity (Wildman–Crippen MR) is 150 cm³/mol. The fourth-order valence-corrected chi connectivity index (χ4v) is 4.77. The van der Waals surface area contributed by atoms with E-state index in [1.165, 1.54) is 0 Å². The Balaban J connectivity index is 1.68. The lowest BCUT2D eigenvalue weighted by atomic mass is 9.93. The van der Waals surface area contributed by atoms with E-state index in [1.54, 1.807) is 32.6 Å². The van der Waals surface area contributed by atoms with Gasteiger partial charge in [0.25, 0.3) is 5.91 Å². The number of alkyl carbamates (subject to hydrolysis) is 1. The molecule has 2 unspecified atom stereocenters. The second-order valence-electron chi connectivity index (χ2n) is 11.1. The van der Waals surface area contributed by atoms with Gasteiger partial charge in [-0.15, -0.1) is 0 Å². The highest BCUT2D eigenvalue weighted by atomic mass is 16.6. The number of fused-ring (bicyclic) bond motifs is 1. The largest absolute Gasteiger partial charge is 0.444 e. The molecular formula is C31H37N3O4. The summed E-state index contributed by atoms with van der Waals surface area (Å²) in [5.74, 6) is -0.609. The Morgan fingerprint density at radius 1 is 0.921 bits per heavy atom. The van der Waals surface area contributed by atoms with Crippen molar-refractivity contribution in [2.24, 2.45) is 0 Å². The van der Waals surface area contributed by atoms with E-state index < -0.39 is 23.8 Å². The molecule has 0 aromatic heterocycles. The van der Waals surface area contributed by atoms with Crippen LogP contribution in [0.4, 0.5) is 10.5 Å². The number of hydrogen-bond acceptors (Lipinski definition) is 4. The van der Waals surface area contributed by atoms with Gasteiger partial charge in [0.05, 0.1) is 0 Å². The molecule has 0 radical (unpaired) electrons. The van der Waals surface area contributed by atoms with E-state index in [1.807, 2.05) is 74.5 Å². The number of benzene rings is 3. The van der Waals surface area contributed by atoms with Crippen molar-refractivity contribution >= 4 is 34.4 Å². The molecule has 0 aliphatic heterocycles. The number of rotatable bonds is 7. The van der Waals surface area contributed by atoms with E-state index in [0.717, 1.165) is 40.3 Å². The topological polar surface area (TPSA) is 87.7 Å². The zero-order valence-electron chi connectivity index (χ0n) is 23.0. The van der Waals surface area contributed by atoms with Gasteiger partial charge in [0, 0.05) is 11.7 Å². The van der Waals surface area contributed by atoms with Gasteiger partial charge in [0.2, 0.25) is 5.91 Å². The average molecular weight is 516 g/mol. The fourth-order valence-electron chi connectivity index (χ4n) is 4.77. The van der Waals surface area contributed by atoms with Crippen LogP contribution < -0.4 is 10.6 Å². The van der Waals surface area contributed by atoms with Gasteiger partial charge in [-0.25, -0.2) is 4.79 Å². The van der Waals surface area contributed by atoms with E-state index in [9.17, 15) is 14.4 Å². The molecule has 4 rings (SSSR count). The summed E-state index contributed by atoms with van der Waals surface area (Å²) >= 11 is 0. The molecule has 1 fully saturated rings. The minimum Gasteiger partial charge on any atom is -0.444 e. The summed E-state index contributed by atoms with van der Waals surface area (Å²) in [6.07, 6.45) is 0.934. The lowest BCUT2D eigenvalue weighted by Gasteiger charge is -2.35. The van der Waals surface area contributed by atoms with E-state index in [2.05, 4.69) is 10.6 Å².